The van der Waals surface area contributed by atoms with E-state index < -0.39 is 0 Å². The number of rotatable bonds is 4. The lowest BCUT2D eigenvalue weighted by Crippen LogP contribution is -1.95. The molecular formula is C8H12O3. The molecule has 0 aliphatic carbocycles. The van der Waals surface area contributed by atoms with Crippen molar-refractivity contribution in [1.82, 2.24) is 0 Å². The van der Waals surface area contributed by atoms with Crippen LogP contribution in [-0.4, -0.2) is 13.2 Å². The number of hydrogen-bond acceptors (Lipinski definition) is 3. The topological polar surface area (TPSA) is 31.6 Å². The molecule has 1 aromatic heterocycles. The average Bonchev–Trinajstić information content (AvgIpc) is 2.39. The van der Waals surface area contributed by atoms with Gasteiger partial charge in [-0.15, -0.1) is 0 Å². The molecule has 0 fully saturated rings. The van der Waals surface area contributed by atoms with Gasteiger partial charge in [-0.2, -0.15) is 0 Å². The lowest BCUT2D eigenvalue weighted by Gasteiger charge is -2.02. The molecule has 3 nitrogen and oxygen atoms in total. The fraction of sp³-hybridized carbons (Fsp3) is 0.500. The minimum absolute atomic E-state index is 0.625. The first-order chi connectivity index (χ1) is 5.38. The van der Waals surface area contributed by atoms with Crippen molar-refractivity contribution in [3.8, 4) is 11.5 Å². The molecule has 1 aromatic rings. The summed E-state index contributed by atoms with van der Waals surface area (Å²) < 4.78 is 15.3. The zero-order valence-corrected chi connectivity index (χ0v) is 6.79. The standard InChI is InChI=1S/C8H12O3/c1-3-10-7-5-9-6-8(7)11-4-2/h5-6H,3-4H2,1-2H3. The fourth-order valence-corrected chi connectivity index (χ4v) is 0.795. The molecule has 0 amide bonds. The lowest BCUT2D eigenvalue weighted by molar-refractivity contribution is 0.290. The Morgan fingerprint density at radius 1 is 1.09 bits per heavy atom. The van der Waals surface area contributed by atoms with Gasteiger partial charge in [-0.3, -0.25) is 0 Å². The van der Waals surface area contributed by atoms with Crippen LogP contribution in [0.15, 0.2) is 16.9 Å². The van der Waals surface area contributed by atoms with E-state index in [2.05, 4.69) is 0 Å². The van der Waals surface area contributed by atoms with Gasteiger partial charge in [-0.25, -0.2) is 0 Å². The molecule has 0 bridgehead atoms. The van der Waals surface area contributed by atoms with Gasteiger partial charge in [0.1, 0.15) is 12.5 Å². The van der Waals surface area contributed by atoms with E-state index in [9.17, 15) is 0 Å². The van der Waals surface area contributed by atoms with Crippen LogP contribution in [0.5, 0.6) is 11.5 Å². The van der Waals surface area contributed by atoms with Gasteiger partial charge < -0.3 is 13.9 Å². The van der Waals surface area contributed by atoms with Crippen molar-refractivity contribution in [3.63, 3.8) is 0 Å². The molecule has 0 aliphatic rings. The van der Waals surface area contributed by atoms with E-state index in [1.807, 2.05) is 13.8 Å². The molecule has 0 unspecified atom stereocenters. The van der Waals surface area contributed by atoms with E-state index in [4.69, 9.17) is 13.9 Å². The van der Waals surface area contributed by atoms with Gasteiger partial charge in [0.25, 0.3) is 0 Å². The van der Waals surface area contributed by atoms with Gasteiger partial charge in [-0.05, 0) is 13.8 Å². The van der Waals surface area contributed by atoms with E-state index in [1.165, 1.54) is 12.5 Å². The third kappa shape index (κ3) is 1.90. The third-order valence-corrected chi connectivity index (χ3v) is 1.19. The molecule has 62 valence electrons. The largest absolute Gasteiger partial charge is 0.487 e. The lowest BCUT2D eigenvalue weighted by atomic mass is 10.5. The zero-order valence-electron chi connectivity index (χ0n) is 6.79. The van der Waals surface area contributed by atoms with Crippen molar-refractivity contribution < 1.29 is 13.9 Å². The molecule has 0 N–H and O–H groups in total. The second-order valence-electron chi connectivity index (χ2n) is 1.97. The molecule has 1 rings (SSSR count). The summed E-state index contributed by atoms with van der Waals surface area (Å²) in [6.07, 6.45) is 3.07. The first-order valence-corrected chi connectivity index (χ1v) is 3.70. The minimum Gasteiger partial charge on any atom is -0.487 e. The maximum absolute atomic E-state index is 5.21. The maximum Gasteiger partial charge on any atom is 0.199 e. The average molecular weight is 156 g/mol. The van der Waals surface area contributed by atoms with Crippen LogP contribution in [0.3, 0.4) is 0 Å². The Morgan fingerprint density at radius 2 is 1.55 bits per heavy atom. The van der Waals surface area contributed by atoms with E-state index in [1.54, 1.807) is 0 Å². The van der Waals surface area contributed by atoms with Gasteiger partial charge in [0.05, 0.1) is 13.2 Å². The molecule has 0 aliphatic heterocycles. The van der Waals surface area contributed by atoms with Crippen LogP contribution in [-0.2, 0) is 0 Å². The second kappa shape index (κ2) is 3.91. The molecule has 0 atom stereocenters. The van der Waals surface area contributed by atoms with E-state index in [0.717, 1.165) is 0 Å². The monoisotopic (exact) mass is 156 g/mol. The van der Waals surface area contributed by atoms with E-state index in [0.29, 0.717) is 24.7 Å². The maximum atomic E-state index is 5.21. The first-order valence-electron chi connectivity index (χ1n) is 3.70. The van der Waals surface area contributed by atoms with Gasteiger partial charge in [-0.1, -0.05) is 0 Å². The summed E-state index contributed by atoms with van der Waals surface area (Å²) in [4.78, 5) is 0. The SMILES string of the molecule is CCOc1cocc1OCC. The molecular weight excluding hydrogens is 144 g/mol. The van der Waals surface area contributed by atoms with Crippen LogP contribution in [0.4, 0.5) is 0 Å². The number of hydrogen-bond donors (Lipinski definition) is 0. The Labute approximate surface area is 65.9 Å². The number of furan rings is 1. The van der Waals surface area contributed by atoms with Crippen molar-refractivity contribution in [2.45, 2.75) is 13.8 Å². The van der Waals surface area contributed by atoms with Crippen LogP contribution >= 0.6 is 0 Å². The molecule has 0 aromatic carbocycles. The van der Waals surface area contributed by atoms with Crippen molar-refractivity contribution in [2.75, 3.05) is 13.2 Å². The Hall–Kier alpha value is -1.12. The quantitative estimate of drug-likeness (QED) is 0.668. The van der Waals surface area contributed by atoms with Crippen molar-refractivity contribution >= 4 is 0 Å². The van der Waals surface area contributed by atoms with Crippen LogP contribution in [0.2, 0.25) is 0 Å². The second-order valence-corrected chi connectivity index (χ2v) is 1.97. The zero-order chi connectivity index (χ0) is 8.10. The van der Waals surface area contributed by atoms with Crippen LogP contribution in [0.25, 0.3) is 0 Å². The molecule has 1 heterocycles. The highest BCUT2D eigenvalue weighted by Gasteiger charge is 2.05. The number of ether oxygens (including phenoxy) is 2. The Balaban J connectivity index is 2.62. The minimum atomic E-state index is 0.625. The first kappa shape index (κ1) is 7.98. The summed E-state index contributed by atoms with van der Waals surface area (Å²) in [6.45, 7) is 5.09. The Kier molecular flexibility index (Phi) is 2.83. The summed E-state index contributed by atoms with van der Waals surface area (Å²) in [5.41, 5.74) is 0. The summed E-state index contributed by atoms with van der Waals surface area (Å²) in [7, 11) is 0. The summed E-state index contributed by atoms with van der Waals surface area (Å²) >= 11 is 0. The van der Waals surface area contributed by atoms with Crippen LogP contribution in [0, 0.1) is 0 Å². The smallest absolute Gasteiger partial charge is 0.199 e. The van der Waals surface area contributed by atoms with E-state index in [-0.39, 0.29) is 0 Å². The summed E-state index contributed by atoms with van der Waals surface area (Å²) in [5, 5.41) is 0. The van der Waals surface area contributed by atoms with Crippen LogP contribution in [0.1, 0.15) is 13.8 Å². The Bertz CT molecular complexity index is 184. The predicted molar refractivity (Wildman–Crippen MR) is 41.0 cm³/mol. The molecule has 0 spiro atoms. The van der Waals surface area contributed by atoms with Gasteiger partial charge >= 0.3 is 0 Å². The summed E-state index contributed by atoms with van der Waals surface area (Å²) in [5.74, 6) is 1.35. The third-order valence-electron chi connectivity index (χ3n) is 1.19. The van der Waals surface area contributed by atoms with Crippen LogP contribution < -0.4 is 9.47 Å². The Morgan fingerprint density at radius 3 is 1.91 bits per heavy atom. The fourth-order valence-electron chi connectivity index (χ4n) is 0.795. The normalized spacial score (nSPS) is 9.64. The van der Waals surface area contributed by atoms with Crippen molar-refractivity contribution in [1.29, 1.82) is 0 Å². The summed E-state index contributed by atoms with van der Waals surface area (Å²) in [6, 6.07) is 0. The molecule has 11 heavy (non-hydrogen) atoms. The van der Waals surface area contributed by atoms with Gasteiger partial charge in [0.2, 0.25) is 0 Å². The molecule has 3 heteroatoms. The van der Waals surface area contributed by atoms with Gasteiger partial charge in [0.15, 0.2) is 11.5 Å². The molecule has 0 saturated carbocycles. The van der Waals surface area contributed by atoms with Crippen molar-refractivity contribution in [2.24, 2.45) is 0 Å². The molecule has 0 radical (unpaired) electrons. The highest BCUT2D eigenvalue weighted by atomic mass is 16.5. The predicted octanol–water partition coefficient (Wildman–Crippen LogP) is 2.08. The highest BCUT2D eigenvalue weighted by Crippen LogP contribution is 2.27. The van der Waals surface area contributed by atoms with Crippen molar-refractivity contribution in [3.05, 3.63) is 12.5 Å². The van der Waals surface area contributed by atoms with Gasteiger partial charge in [0, 0.05) is 0 Å². The highest BCUT2D eigenvalue weighted by molar-refractivity contribution is 5.34. The molecule has 0 saturated heterocycles. The van der Waals surface area contributed by atoms with E-state index >= 15 is 0 Å².